The summed E-state index contributed by atoms with van der Waals surface area (Å²) in [6, 6.07) is -1.16. The van der Waals surface area contributed by atoms with Crippen LogP contribution in [0.25, 0.3) is 0 Å². The second-order valence-electron chi connectivity index (χ2n) is 10.5. The Morgan fingerprint density at radius 1 is 1.37 bits per heavy atom. The van der Waals surface area contributed by atoms with E-state index in [0.717, 1.165) is 6.42 Å². The van der Waals surface area contributed by atoms with Gasteiger partial charge in [0, 0.05) is 41.7 Å². The number of aromatic nitrogens is 4. The third kappa shape index (κ3) is 4.78. The molecule has 1 aromatic heterocycles. The first-order valence-electron chi connectivity index (χ1n) is 12.9. The topological polar surface area (TPSA) is 189 Å². The summed E-state index contributed by atoms with van der Waals surface area (Å²) in [6.45, 7) is 6.13. The first-order chi connectivity index (χ1) is 18.2. The Hall–Kier alpha value is -3.04. The molecular weight excluding hydrogens is 514 g/mol. The number of aliphatic carboxylic acids is 1. The lowest BCUT2D eigenvalue weighted by Gasteiger charge is -2.47. The van der Waals surface area contributed by atoms with Gasteiger partial charge in [-0.15, -0.1) is 16.9 Å². The van der Waals surface area contributed by atoms with E-state index in [4.69, 9.17) is 5.73 Å². The van der Waals surface area contributed by atoms with Crippen LogP contribution in [0.3, 0.4) is 0 Å². The molecule has 5 rings (SSSR count). The number of β-lactam (4-membered cyclic amide) rings is 1. The number of tetrazole rings is 1. The van der Waals surface area contributed by atoms with Gasteiger partial charge >= 0.3 is 5.97 Å². The summed E-state index contributed by atoms with van der Waals surface area (Å²) in [5.41, 5.74) is 5.78. The minimum Gasteiger partial charge on any atom is -0.477 e. The van der Waals surface area contributed by atoms with E-state index in [1.54, 1.807) is 6.92 Å². The molecular formula is C23H33N9O5S. The van der Waals surface area contributed by atoms with E-state index >= 15 is 0 Å². The number of hydrogen-bond donors (Lipinski definition) is 4. The number of nitrogens with zero attached hydrogens (tertiary/aromatic N) is 6. The van der Waals surface area contributed by atoms with Crippen LogP contribution >= 0.6 is 11.8 Å². The highest BCUT2D eigenvalue weighted by Crippen LogP contribution is 2.51. The van der Waals surface area contributed by atoms with Gasteiger partial charge in [-0.05, 0) is 42.7 Å². The lowest BCUT2D eigenvalue weighted by molar-refractivity contribution is -0.158. The average molecular weight is 548 g/mol. The summed E-state index contributed by atoms with van der Waals surface area (Å²) >= 11 is 1.45. The van der Waals surface area contributed by atoms with Crippen LogP contribution in [0.15, 0.2) is 16.9 Å². The van der Waals surface area contributed by atoms with Crippen molar-refractivity contribution in [3.63, 3.8) is 0 Å². The fourth-order valence-corrected chi connectivity index (χ4v) is 7.57. The molecule has 3 fully saturated rings. The molecule has 3 amide bonds. The summed E-state index contributed by atoms with van der Waals surface area (Å²) in [7, 11) is 0. The van der Waals surface area contributed by atoms with Gasteiger partial charge in [-0.1, -0.05) is 6.92 Å². The second kappa shape index (κ2) is 10.6. The molecule has 15 heteroatoms. The molecule has 0 aromatic carbocycles. The number of amides is 3. The highest BCUT2D eigenvalue weighted by atomic mass is 32.2. The number of likely N-dealkylation sites (tertiary alicyclic amines) is 1. The van der Waals surface area contributed by atoms with Crippen molar-refractivity contribution in [3.8, 4) is 0 Å². The molecule has 2 unspecified atom stereocenters. The Morgan fingerprint density at radius 2 is 2.16 bits per heavy atom. The maximum atomic E-state index is 13.1. The second-order valence-corrected chi connectivity index (χ2v) is 11.8. The maximum Gasteiger partial charge on any atom is 0.353 e. The van der Waals surface area contributed by atoms with E-state index < -0.39 is 17.9 Å². The molecule has 1 aromatic rings. The molecule has 4 aliphatic rings. The van der Waals surface area contributed by atoms with Crippen molar-refractivity contribution in [2.45, 2.75) is 56.6 Å². The number of fused-ring (bicyclic) bond motifs is 1. The number of carboxylic acid groups (broad SMARTS) is 1. The fraction of sp³-hybridized carbons (Fsp3) is 0.696. The van der Waals surface area contributed by atoms with Gasteiger partial charge in [-0.25, -0.2) is 9.48 Å². The fourth-order valence-electron chi connectivity index (χ4n) is 6.09. The summed E-state index contributed by atoms with van der Waals surface area (Å²) in [4.78, 5) is 54.7. The SMILES string of the molecule is C[C@@H](NC(=O)Cn1cnnn1)[C@H]1C(=O)N2C(C(=O)O)=C(SC3CNC(C(=O)N4CC[C@H](CN)C4)C3)[C@H](C)[C@H]12. The molecule has 0 aliphatic carbocycles. The lowest BCUT2D eigenvalue weighted by Crippen LogP contribution is -2.66. The van der Waals surface area contributed by atoms with Crippen LogP contribution in [0.1, 0.15) is 26.7 Å². The molecule has 4 aliphatic heterocycles. The number of nitrogens with two attached hydrogens (primary N) is 1. The van der Waals surface area contributed by atoms with Crippen LogP contribution in [-0.4, -0.2) is 108 Å². The third-order valence-electron chi connectivity index (χ3n) is 8.03. The normalized spacial score (nSPS) is 31.4. The Bertz CT molecular complexity index is 1140. The molecule has 0 saturated carbocycles. The Labute approximate surface area is 223 Å². The van der Waals surface area contributed by atoms with Crippen molar-refractivity contribution in [2.24, 2.45) is 23.5 Å². The first kappa shape index (κ1) is 26.6. The van der Waals surface area contributed by atoms with Crippen molar-refractivity contribution < 1.29 is 24.3 Å². The maximum absolute atomic E-state index is 13.1. The van der Waals surface area contributed by atoms with Gasteiger partial charge in [0.25, 0.3) is 0 Å². The van der Waals surface area contributed by atoms with Gasteiger partial charge in [0.2, 0.25) is 17.7 Å². The summed E-state index contributed by atoms with van der Waals surface area (Å²) < 4.78 is 1.28. The summed E-state index contributed by atoms with van der Waals surface area (Å²) in [5, 5.41) is 26.8. The molecule has 3 saturated heterocycles. The molecule has 0 bridgehead atoms. The third-order valence-corrected chi connectivity index (χ3v) is 9.54. The zero-order chi connectivity index (χ0) is 27.1. The smallest absolute Gasteiger partial charge is 0.353 e. The van der Waals surface area contributed by atoms with Gasteiger partial charge < -0.3 is 31.3 Å². The van der Waals surface area contributed by atoms with Gasteiger partial charge in [-0.3, -0.25) is 14.4 Å². The quantitative estimate of drug-likeness (QED) is 0.256. The molecule has 5 N–H and O–H groups in total. The van der Waals surface area contributed by atoms with E-state index in [1.165, 1.54) is 27.7 Å². The van der Waals surface area contributed by atoms with Gasteiger partial charge in [-0.2, -0.15) is 0 Å². The number of nitrogens with one attached hydrogen (secondary N) is 2. The van der Waals surface area contributed by atoms with Crippen molar-refractivity contribution in [1.29, 1.82) is 0 Å². The predicted molar refractivity (Wildman–Crippen MR) is 135 cm³/mol. The number of carboxylic acids is 1. The van der Waals surface area contributed by atoms with Gasteiger partial charge in [0.15, 0.2) is 0 Å². The van der Waals surface area contributed by atoms with Crippen molar-refractivity contribution >= 4 is 35.5 Å². The van der Waals surface area contributed by atoms with Crippen LogP contribution in [-0.2, 0) is 25.7 Å². The Morgan fingerprint density at radius 3 is 2.82 bits per heavy atom. The number of carbonyl (C=O) groups excluding carboxylic acids is 3. The molecule has 206 valence electrons. The van der Waals surface area contributed by atoms with Crippen molar-refractivity contribution in [1.82, 2.24) is 40.6 Å². The van der Waals surface area contributed by atoms with E-state index in [2.05, 4.69) is 26.2 Å². The molecule has 0 spiro atoms. The van der Waals surface area contributed by atoms with E-state index in [1.807, 2.05) is 11.8 Å². The Balaban J connectivity index is 1.22. The number of thioether (sulfide) groups is 1. The summed E-state index contributed by atoms with van der Waals surface area (Å²) in [6.07, 6.45) is 2.83. The minimum absolute atomic E-state index is 0.00401. The summed E-state index contributed by atoms with van der Waals surface area (Å²) in [5.74, 6) is -2.15. The van der Waals surface area contributed by atoms with E-state index in [-0.39, 0.29) is 53.2 Å². The van der Waals surface area contributed by atoms with Crippen LogP contribution in [0.5, 0.6) is 0 Å². The van der Waals surface area contributed by atoms with Crippen LogP contribution in [0.2, 0.25) is 0 Å². The highest BCUT2D eigenvalue weighted by molar-refractivity contribution is 8.03. The zero-order valence-electron chi connectivity index (χ0n) is 21.3. The number of rotatable bonds is 9. The largest absolute Gasteiger partial charge is 0.477 e. The molecule has 0 radical (unpaired) electrons. The van der Waals surface area contributed by atoms with Crippen LogP contribution in [0.4, 0.5) is 0 Å². The standard InChI is InChI=1S/C23H33N9O5S/c1-11-18-17(12(2)27-16(33)9-31-10-26-28-29-31)22(35)32(18)19(23(36)37)20(11)38-14-5-15(25-7-14)21(34)30-4-3-13(6-24)8-30/h10-15,17-18,25H,3-9,24H2,1-2H3,(H,27,33)(H,36,37)/t11-,12-,13-,14?,15?,17-,18-/m1/s1. The lowest BCUT2D eigenvalue weighted by atomic mass is 9.78. The number of hydrogen-bond acceptors (Lipinski definition) is 10. The highest BCUT2D eigenvalue weighted by Gasteiger charge is 2.60. The molecule has 38 heavy (non-hydrogen) atoms. The Kier molecular flexibility index (Phi) is 7.42. The first-order valence-corrected chi connectivity index (χ1v) is 13.8. The van der Waals surface area contributed by atoms with Gasteiger partial charge in [0.1, 0.15) is 18.6 Å². The van der Waals surface area contributed by atoms with E-state index in [9.17, 15) is 24.3 Å². The van der Waals surface area contributed by atoms with E-state index in [0.29, 0.717) is 43.4 Å². The molecule has 14 nitrogen and oxygen atoms in total. The predicted octanol–water partition coefficient (Wildman–Crippen LogP) is -1.78. The average Bonchev–Trinajstić information content (AvgIpc) is 3.67. The number of carbonyl (C=O) groups is 4. The van der Waals surface area contributed by atoms with Crippen LogP contribution < -0.4 is 16.4 Å². The van der Waals surface area contributed by atoms with Gasteiger partial charge in [0.05, 0.1) is 18.0 Å². The molecule has 5 heterocycles. The van der Waals surface area contributed by atoms with Crippen molar-refractivity contribution in [3.05, 3.63) is 16.9 Å². The van der Waals surface area contributed by atoms with Crippen molar-refractivity contribution in [2.75, 3.05) is 26.2 Å². The zero-order valence-corrected chi connectivity index (χ0v) is 22.1. The molecule has 7 atom stereocenters. The minimum atomic E-state index is -1.15. The monoisotopic (exact) mass is 547 g/mol. The van der Waals surface area contributed by atoms with Crippen LogP contribution in [0, 0.1) is 17.8 Å².